The van der Waals surface area contributed by atoms with Crippen molar-refractivity contribution in [2.45, 2.75) is 20.0 Å². The van der Waals surface area contributed by atoms with Gasteiger partial charge < -0.3 is 9.30 Å². The van der Waals surface area contributed by atoms with Crippen molar-refractivity contribution in [3.63, 3.8) is 0 Å². The van der Waals surface area contributed by atoms with Crippen molar-refractivity contribution in [2.75, 3.05) is 0 Å². The highest BCUT2D eigenvalue weighted by Gasteiger charge is 2.09. The number of esters is 1. The topological polar surface area (TPSA) is 44.1 Å². The number of rotatable bonds is 3. The summed E-state index contributed by atoms with van der Waals surface area (Å²) < 4.78 is 6.95. The normalized spacial score (nSPS) is 10.5. The van der Waals surface area contributed by atoms with Gasteiger partial charge >= 0.3 is 5.97 Å². The van der Waals surface area contributed by atoms with Gasteiger partial charge in [0.2, 0.25) is 0 Å². The van der Waals surface area contributed by atoms with Crippen LogP contribution in [0.15, 0.2) is 42.9 Å². The maximum atomic E-state index is 11.6. The van der Waals surface area contributed by atoms with Crippen LogP contribution in [0.5, 0.6) is 0 Å². The van der Waals surface area contributed by atoms with Crippen molar-refractivity contribution >= 4 is 5.97 Å². The zero-order chi connectivity index (χ0) is 12.3. The minimum atomic E-state index is -0.341. The Bertz CT molecular complexity index is 487. The second-order valence-electron chi connectivity index (χ2n) is 3.95. The predicted octanol–water partition coefficient (Wildman–Crippen LogP) is 2.44. The minimum absolute atomic E-state index is 0.119. The van der Waals surface area contributed by atoms with Gasteiger partial charge in [-0.1, -0.05) is 0 Å². The molecule has 0 spiro atoms. The van der Waals surface area contributed by atoms with Gasteiger partial charge in [0.25, 0.3) is 0 Å². The van der Waals surface area contributed by atoms with E-state index < -0.39 is 0 Å². The summed E-state index contributed by atoms with van der Waals surface area (Å²) in [5, 5.41) is 0. The van der Waals surface area contributed by atoms with Crippen LogP contribution in [0, 0.1) is 0 Å². The molecule has 0 N–H and O–H groups in total. The summed E-state index contributed by atoms with van der Waals surface area (Å²) in [6.45, 7) is 3.64. The molecule has 4 nitrogen and oxygen atoms in total. The van der Waals surface area contributed by atoms with Gasteiger partial charge in [0, 0.05) is 18.6 Å². The van der Waals surface area contributed by atoms with E-state index in [2.05, 4.69) is 4.98 Å². The van der Waals surface area contributed by atoms with E-state index in [1.807, 2.05) is 42.9 Å². The van der Waals surface area contributed by atoms with Gasteiger partial charge in [-0.05, 0) is 38.1 Å². The van der Waals surface area contributed by atoms with Crippen molar-refractivity contribution in [2.24, 2.45) is 0 Å². The number of aromatic nitrogens is 2. The molecule has 0 aromatic carbocycles. The summed E-state index contributed by atoms with van der Waals surface area (Å²) >= 11 is 0. The summed E-state index contributed by atoms with van der Waals surface area (Å²) in [5.74, 6) is 0.433. The van der Waals surface area contributed by atoms with Crippen molar-refractivity contribution in [3.8, 4) is 5.82 Å². The van der Waals surface area contributed by atoms with Crippen LogP contribution in [0.25, 0.3) is 5.82 Å². The fourth-order valence-corrected chi connectivity index (χ4v) is 1.43. The van der Waals surface area contributed by atoms with Crippen molar-refractivity contribution in [3.05, 3.63) is 48.4 Å². The van der Waals surface area contributed by atoms with Crippen LogP contribution in [-0.2, 0) is 4.74 Å². The van der Waals surface area contributed by atoms with Crippen LogP contribution >= 0.6 is 0 Å². The molecule has 0 fully saturated rings. The lowest BCUT2D eigenvalue weighted by atomic mass is 10.3. The molecule has 17 heavy (non-hydrogen) atoms. The molecule has 0 aliphatic rings. The first-order chi connectivity index (χ1) is 8.16. The maximum absolute atomic E-state index is 11.6. The Kier molecular flexibility index (Phi) is 3.23. The van der Waals surface area contributed by atoms with Crippen LogP contribution < -0.4 is 0 Å². The second kappa shape index (κ2) is 4.82. The summed E-state index contributed by atoms with van der Waals surface area (Å²) in [6.07, 6.45) is 5.20. The number of nitrogens with zero attached hydrogens (tertiary/aromatic N) is 2. The first-order valence-electron chi connectivity index (χ1n) is 5.47. The molecule has 88 valence electrons. The number of carbonyl (C=O) groups is 1. The van der Waals surface area contributed by atoms with Crippen molar-refractivity contribution in [1.82, 2.24) is 9.55 Å². The van der Waals surface area contributed by atoms with E-state index in [4.69, 9.17) is 4.74 Å². The molecular formula is C13H14N2O2. The zero-order valence-electron chi connectivity index (χ0n) is 9.83. The third-order valence-electron chi connectivity index (χ3n) is 2.20. The Balaban J connectivity index is 2.16. The fraction of sp³-hybridized carbons (Fsp3) is 0.231. The number of ether oxygens (including phenoxy) is 1. The minimum Gasteiger partial charge on any atom is -0.459 e. The average Bonchev–Trinajstić information content (AvgIpc) is 2.82. The third kappa shape index (κ3) is 2.72. The molecule has 0 bridgehead atoms. The van der Waals surface area contributed by atoms with Gasteiger partial charge in [0.15, 0.2) is 0 Å². The van der Waals surface area contributed by atoms with Gasteiger partial charge in [0.1, 0.15) is 5.82 Å². The molecule has 0 aliphatic carbocycles. The van der Waals surface area contributed by atoms with Crippen LogP contribution in [-0.4, -0.2) is 21.6 Å². The van der Waals surface area contributed by atoms with Gasteiger partial charge in [-0.15, -0.1) is 0 Å². The molecule has 0 radical (unpaired) electrons. The van der Waals surface area contributed by atoms with Crippen molar-refractivity contribution in [1.29, 1.82) is 0 Å². The van der Waals surface area contributed by atoms with E-state index in [9.17, 15) is 4.79 Å². The van der Waals surface area contributed by atoms with E-state index in [0.29, 0.717) is 5.56 Å². The SMILES string of the molecule is CC(C)OC(=O)c1ccc(-n2cccc2)nc1. The highest BCUT2D eigenvalue weighted by Crippen LogP contribution is 2.08. The summed E-state index contributed by atoms with van der Waals surface area (Å²) in [5.41, 5.74) is 0.467. The van der Waals surface area contributed by atoms with Gasteiger partial charge in [-0.25, -0.2) is 9.78 Å². The number of hydrogen-bond donors (Lipinski definition) is 0. The number of hydrogen-bond acceptors (Lipinski definition) is 3. The molecule has 0 saturated heterocycles. The Morgan fingerprint density at radius 2 is 2.00 bits per heavy atom. The first kappa shape index (κ1) is 11.4. The standard InChI is InChI=1S/C13H14N2O2/c1-10(2)17-13(16)11-5-6-12(14-9-11)15-7-3-4-8-15/h3-10H,1-2H3. The Morgan fingerprint density at radius 3 is 2.53 bits per heavy atom. The highest BCUT2D eigenvalue weighted by atomic mass is 16.5. The molecule has 0 aliphatic heterocycles. The Morgan fingerprint density at radius 1 is 1.29 bits per heavy atom. The fourth-order valence-electron chi connectivity index (χ4n) is 1.43. The highest BCUT2D eigenvalue weighted by molar-refractivity contribution is 5.89. The Labute approximate surface area is 99.9 Å². The molecule has 2 aromatic rings. The molecule has 0 unspecified atom stereocenters. The molecular weight excluding hydrogens is 216 g/mol. The second-order valence-corrected chi connectivity index (χ2v) is 3.95. The number of pyridine rings is 1. The van der Waals surface area contributed by atoms with Gasteiger partial charge in [-0.3, -0.25) is 0 Å². The smallest absolute Gasteiger partial charge is 0.339 e. The van der Waals surface area contributed by atoms with E-state index in [1.54, 1.807) is 12.1 Å². The lowest BCUT2D eigenvalue weighted by Gasteiger charge is -2.08. The lowest BCUT2D eigenvalue weighted by molar-refractivity contribution is 0.0377. The average molecular weight is 230 g/mol. The predicted molar refractivity (Wildman–Crippen MR) is 64.1 cm³/mol. The largest absolute Gasteiger partial charge is 0.459 e. The van der Waals surface area contributed by atoms with E-state index >= 15 is 0 Å². The molecule has 2 heterocycles. The van der Waals surface area contributed by atoms with Gasteiger partial charge in [-0.2, -0.15) is 0 Å². The summed E-state index contributed by atoms with van der Waals surface area (Å²) in [7, 11) is 0. The molecule has 2 aromatic heterocycles. The quantitative estimate of drug-likeness (QED) is 0.761. The molecule has 2 rings (SSSR count). The van der Waals surface area contributed by atoms with E-state index in [-0.39, 0.29) is 12.1 Å². The first-order valence-corrected chi connectivity index (χ1v) is 5.47. The maximum Gasteiger partial charge on any atom is 0.339 e. The third-order valence-corrected chi connectivity index (χ3v) is 2.20. The molecule has 0 saturated carbocycles. The monoisotopic (exact) mass is 230 g/mol. The molecule has 4 heteroatoms. The van der Waals surface area contributed by atoms with Crippen LogP contribution in [0.3, 0.4) is 0 Å². The summed E-state index contributed by atoms with van der Waals surface area (Å²) in [4.78, 5) is 15.8. The Hall–Kier alpha value is -2.10. The van der Waals surface area contributed by atoms with Crippen LogP contribution in [0.4, 0.5) is 0 Å². The van der Waals surface area contributed by atoms with Crippen LogP contribution in [0.1, 0.15) is 24.2 Å². The van der Waals surface area contributed by atoms with E-state index in [0.717, 1.165) is 5.82 Å². The van der Waals surface area contributed by atoms with E-state index in [1.165, 1.54) is 6.20 Å². The zero-order valence-corrected chi connectivity index (χ0v) is 9.83. The lowest BCUT2D eigenvalue weighted by Crippen LogP contribution is -2.12. The van der Waals surface area contributed by atoms with Crippen LogP contribution in [0.2, 0.25) is 0 Å². The summed E-state index contributed by atoms with van der Waals surface area (Å²) in [6, 6.07) is 7.34. The molecule has 0 amide bonds. The van der Waals surface area contributed by atoms with Gasteiger partial charge in [0.05, 0.1) is 11.7 Å². The number of carbonyl (C=O) groups excluding carboxylic acids is 1. The molecule has 0 atom stereocenters. The van der Waals surface area contributed by atoms with Crippen molar-refractivity contribution < 1.29 is 9.53 Å².